The number of rotatable bonds is 3. The first kappa shape index (κ1) is 14.3. The summed E-state index contributed by atoms with van der Waals surface area (Å²) >= 11 is 0. The van der Waals surface area contributed by atoms with Gasteiger partial charge in [-0.3, -0.25) is 0 Å². The smallest absolute Gasteiger partial charge is 0.225 e. The van der Waals surface area contributed by atoms with Crippen LogP contribution in [0.25, 0.3) is 0 Å². The van der Waals surface area contributed by atoms with Gasteiger partial charge in [0, 0.05) is 26.3 Å². The molecule has 0 radical (unpaired) electrons. The number of anilines is 3. The predicted octanol–water partition coefficient (Wildman–Crippen LogP) is 2.63. The van der Waals surface area contributed by atoms with Crippen LogP contribution < -0.4 is 15.1 Å². The third-order valence-corrected chi connectivity index (χ3v) is 3.73. The minimum Gasteiger partial charge on any atom is -0.352 e. The molecule has 0 unspecified atom stereocenters. The molecule has 0 fully saturated rings. The first-order valence-electron chi connectivity index (χ1n) is 7.02. The van der Waals surface area contributed by atoms with Crippen LogP contribution in [0.5, 0.6) is 0 Å². The van der Waals surface area contributed by atoms with Crippen molar-refractivity contribution in [2.24, 2.45) is 0 Å². The highest BCUT2D eigenvalue weighted by molar-refractivity contribution is 5.72. The van der Waals surface area contributed by atoms with E-state index in [0.29, 0.717) is 12.5 Å². The number of halogens is 1. The molecular formula is C16H18FN5. The Morgan fingerprint density at radius 2 is 2.00 bits per heavy atom. The highest BCUT2D eigenvalue weighted by Gasteiger charge is 2.22. The number of nitrogens with one attached hydrogen (secondary N) is 1. The number of hydrogen-bond acceptors (Lipinski definition) is 5. The number of aromatic nitrogens is 2. The molecule has 3 rings (SSSR count). The lowest BCUT2D eigenvalue weighted by Gasteiger charge is -2.34. The number of nitrogens with zero attached hydrogens (tertiary/aromatic N) is 4. The minimum atomic E-state index is -0.237. The maximum Gasteiger partial charge on any atom is 0.225 e. The summed E-state index contributed by atoms with van der Waals surface area (Å²) in [6, 6.07) is 6.37. The first-order chi connectivity index (χ1) is 10.5. The van der Waals surface area contributed by atoms with Gasteiger partial charge in [-0.05, 0) is 17.7 Å². The molecule has 5 nitrogen and oxygen atoms in total. The molecule has 1 N–H and O–H groups in total. The molecule has 0 saturated carbocycles. The average molecular weight is 299 g/mol. The summed E-state index contributed by atoms with van der Waals surface area (Å²) in [4.78, 5) is 12.9. The Labute approximate surface area is 129 Å². The molecule has 0 atom stereocenters. The fourth-order valence-corrected chi connectivity index (χ4v) is 2.38. The Bertz CT molecular complexity index is 698. The zero-order chi connectivity index (χ0) is 15.7. The lowest BCUT2D eigenvalue weighted by Crippen LogP contribution is -2.35. The maximum absolute atomic E-state index is 12.9. The van der Waals surface area contributed by atoms with E-state index in [1.165, 1.54) is 12.1 Å². The predicted molar refractivity (Wildman–Crippen MR) is 86.6 cm³/mol. The zero-order valence-corrected chi connectivity index (χ0v) is 12.7. The number of benzene rings is 1. The molecule has 22 heavy (non-hydrogen) atoms. The Kier molecular flexibility index (Phi) is 3.66. The van der Waals surface area contributed by atoms with Crippen molar-refractivity contribution in [3.63, 3.8) is 0 Å². The second-order valence-corrected chi connectivity index (χ2v) is 5.36. The van der Waals surface area contributed by atoms with Gasteiger partial charge in [-0.15, -0.1) is 0 Å². The molecule has 0 bridgehead atoms. The quantitative estimate of drug-likeness (QED) is 0.944. The molecule has 2 heterocycles. The third kappa shape index (κ3) is 2.72. The lowest BCUT2D eigenvalue weighted by atomic mass is 10.2. The van der Waals surface area contributed by atoms with Crippen LogP contribution in [0.15, 0.2) is 42.7 Å². The van der Waals surface area contributed by atoms with Crippen molar-refractivity contribution in [2.45, 2.75) is 6.54 Å². The minimum absolute atomic E-state index is 0.237. The highest BCUT2D eigenvalue weighted by atomic mass is 19.1. The topological polar surface area (TPSA) is 44.3 Å². The van der Waals surface area contributed by atoms with Crippen molar-refractivity contribution in [2.75, 3.05) is 35.8 Å². The van der Waals surface area contributed by atoms with Crippen LogP contribution in [0.2, 0.25) is 0 Å². The van der Waals surface area contributed by atoms with Crippen molar-refractivity contribution in [3.05, 3.63) is 54.1 Å². The molecule has 0 saturated heterocycles. The summed E-state index contributed by atoms with van der Waals surface area (Å²) in [6.07, 6.45) is 1.79. The Balaban J connectivity index is 1.77. The normalized spacial score (nSPS) is 14.0. The van der Waals surface area contributed by atoms with E-state index in [4.69, 9.17) is 0 Å². The molecular weight excluding hydrogens is 281 g/mol. The first-order valence-corrected chi connectivity index (χ1v) is 7.02. The van der Waals surface area contributed by atoms with Gasteiger partial charge in [0.15, 0.2) is 5.82 Å². The van der Waals surface area contributed by atoms with Crippen LogP contribution in [-0.4, -0.2) is 30.6 Å². The van der Waals surface area contributed by atoms with E-state index >= 15 is 0 Å². The molecule has 1 aliphatic heterocycles. The van der Waals surface area contributed by atoms with E-state index < -0.39 is 0 Å². The molecule has 0 amide bonds. The number of hydrogen-bond donors (Lipinski definition) is 1. The molecule has 114 valence electrons. The second kappa shape index (κ2) is 5.63. The van der Waals surface area contributed by atoms with Crippen LogP contribution >= 0.6 is 0 Å². The molecule has 0 aliphatic carbocycles. The van der Waals surface area contributed by atoms with E-state index in [0.717, 1.165) is 29.3 Å². The van der Waals surface area contributed by atoms with Gasteiger partial charge < -0.3 is 15.1 Å². The largest absolute Gasteiger partial charge is 0.352 e. The summed E-state index contributed by atoms with van der Waals surface area (Å²) in [7, 11) is 3.94. The van der Waals surface area contributed by atoms with Gasteiger partial charge in [0.2, 0.25) is 5.95 Å². The monoisotopic (exact) mass is 299 g/mol. The summed E-state index contributed by atoms with van der Waals surface area (Å²) in [5.74, 6) is 1.18. The standard InChI is InChI=1S/C16H18FN5/c1-11-10-21(2)15-14(22(11)3)9-19-16(20-15)18-8-12-4-6-13(17)7-5-12/h4-7,9H,1,8,10H2,2-3H3,(H,18,19,20). The SMILES string of the molecule is C=C1CN(C)c2nc(NCc3ccc(F)cc3)ncc2N1C. The fourth-order valence-electron chi connectivity index (χ4n) is 2.38. The molecule has 1 aromatic carbocycles. The van der Waals surface area contributed by atoms with Gasteiger partial charge in [-0.25, -0.2) is 9.37 Å². The van der Waals surface area contributed by atoms with Crippen LogP contribution in [0.1, 0.15) is 5.56 Å². The van der Waals surface area contributed by atoms with E-state index in [9.17, 15) is 4.39 Å². The Morgan fingerprint density at radius 1 is 1.27 bits per heavy atom. The van der Waals surface area contributed by atoms with E-state index in [-0.39, 0.29) is 5.82 Å². The average Bonchev–Trinajstić information content (AvgIpc) is 2.52. The van der Waals surface area contributed by atoms with Gasteiger partial charge in [0.25, 0.3) is 0 Å². The van der Waals surface area contributed by atoms with Gasteiger partial charge in [0.05, 0.1) is 12.7 Å². The lowest BCUT2D eigenvalue weighted by molar-refractivity contribution is 0.627. The summed E-state index contributed by atoms with van der Waals surface area (Å²) in [6.45, 7) is 5.31. The van der Waals surface area contributed by atoms with Gasteiger partial charge in [-0.1, -0.05) is 18.7 Å². The van der Waals surface area contributed by atoms with Crippen LogP contribution in [-0.2, 0) is 6.54 Å². The van der Waals surface area contributed by atoms with Gasteiger partial charge >= 0.3 is 0 Å². The fraction of sp³-hybridized carbons (Fsp3) is 0.250. The zero-order valence-electron chi connectivity index (χ0n) is 12.7. The van der Waals surface area contributed by atoms with E-state index in [2.05, 4.69) is 21.9 Å². The Morgan fingerprint density at radius 3 is 2.73 bits per heavy atom. The van der Waals surface area contributed by atoms with E-state index in [1.807, 2.05) is 23.9 Å². The highest BCUT2D eigenvalue weighted by Crippen LogP contribution is 2.32. The van der Waals surface area contributed by atoms with E-state index in [1.54, 1.807) is 18.3 Å². The summed E-state index contributed by atoms with van der Waals surface area (Å²) < 4.78 is 12.9. The third-order valence-electron chi connectivity index (χ3n) is 3.73. The van der Waals surface area contributed by atoms with Gasteiger partial charge in [-0.2, -0.15) is 4.98 Å². The molecule has 1 aromatic heterocycles. The van der Waals surface area contributed by atoms with Crippen molar-refractivity contribution in [3.8, 4) is 0 Å². The van der Waals surface area contributed by atoms with Crippen molar-refractivity contribution in [1.29, 1.82) is 0 Å². The Hall–Kier alpha value is -2.63. The second-order valence-electron chi connectivity index (χ2n) is 5.36. The number of fused-ring (bicyclic) bond motifs is 1. The van der Waals surface area contributed by atoms with Gasteiger partial charge in [0.1, 0.15) is 11.5 Å². The van der Waals surface area contributed by atoms with Crippen LogP contribution in [0.4, 0.5) is 21.8 Å². The van der Waals surface area contributed by atoms with Crippen molar-refractivity contribution < 1.29 is 4.39 Å². The van der Waals surface area contributed by atoms with Crippen LogP contribution in [0, 0.1) is 5.82 Å². The summed E-state index contributed by atoms with van der Waals surface area (Å²) in [5.41, 5.74) is 2.92. The molecule has 2 aromatic rings. The summed E-state index contributed by atoms with van der Waals surface area (Å²) in [5, 5.41) is 3.16. The van der Waals surface area contributed by atoms with Crippen LogP contribution in [0.3, 0.4) is 0 Å². The van der Waals surface area contributed by atoms with Crippen molar-refractivity contribution in [1.82, 2.24) is 9.97 Å². The molecule has 0 spiro atoms. The molecule has 1 aliphatic rings. The maximum atomic E-state index is 12.9. The van der Waals surface area contributed by atoms with Crippen molar-refractivity contribution >= 4 is 17.5 Å². The molecule has 6 heteroatoms. The number of likely N-dealkylation sites (N-methyl/N-ethyl adjacent to an activating group) is 2.